The van der Waals surface area contributed by atoms with Crippen molar-refractivity contribution in [2.75, 3.05) is 13.1 Å². The lowest BCUT2D eigenvalue weighted by Gasteiger charge is -2.24. The molecule has 1 aromatic rings. The van der Waals surface area contributed by atoms with Crippen molar-refractivity contribution in [2.24, 2.45) is 0 Å². The zero-order valence-corrected chi connectivity index (χ0v) is 12.5. The highest BCUT2D eigenvalue weighted by Gasteiger charge is 2.39. The Bertz CT molecular complexity index is 559. The molecule has 0 aromatic carbocycles. The van der Waals surface area contributed by atoms with Crippen molar-refractivity contribution in [3.63, 3.8) is 0 Å². The van der Waals surface area contributed by atoms with E-state index in [9.17, 15) is 8.42 Å². The maximum atomic E-state index is 12.6. The number of aryl methyl sites for hydroxylation is 1. The molecule has 2 heterocycles. The van der Waals surface area contributed by atoms with Crippen LogP contribution in [0.3, 0.4) is 0 Å². The highest BCUT2D eigenvalue weighted by molar-refractivity contribution is 7.88. The molecule has 1 atom stereocenters. The Morgan fingerprint density at radius 1 is 1.45 bits per heavy atom. The summed E-state index contributed by atoms with van der Waals surface area (Å²) in [4.78, 5) is 0. The Balaban J connectivity index is 1.71. The SMILES string of the molecule is Cc1cc(CS(=O)(=O)N(CC2CCCN2)C2CC2)no1. The lowest BCUT2D eigenvalue weighted by Crippen LogP contribution is -2.42. The molecule has 0 bridgehead atoms. The first-order valence-electron chi connectivity index (χ1n) is 7.20. The predicted molar refractivity (Wildman–Crippen MR) is 74.6 cm³/mol. The predicted octanol–water partition coefficient (Wildman–Crippen LogP) is 1.03. The number of sulfonamides is 1. The number of nitrogens with zero attached hydrogens (tertiary/aromatic N) is 2. The first-order chi connectivity index (χ1) is 9.54. The molecule has 6 nitrogen and oxygen atoms in total. The van der Waals surface area contributed by atoms with Crippen LogP contribution in [0.15, 0.2) is 10.6 Å². The van der Waals surface area contributed by atoms with Crippen molar-refractivity contribution in [3.8, 4) is 0 Å². The first kappa shape index (κ1) is 14.0. The van der Waals surface area contributed by atoms with Crippen LogP contribution >= 0.6 is 0 Å². The molecule has 1 aliphatic carbocycles. The summed E-state index contributed by atoms with van der Waals surface area (Å²) in [6.45, 7) is 3.35. The van der Waals surface area contributed by atoms with Gasteiger partial charge in [0.15, 0.2) is 0 Å². The van der Waals surface area contributed by atoms with Crippen LogP contribution in [-0.4, -0.2) is 43.1 Å². The zero-order valence-electron chi connectivity index (χ0n) is 11.7. The average Bonchev–Trinajstić information content (AvgIpc) is 2.92. The molecule has 2 aliphatic rings. The van der Waals surface area contributed by atoms with Crippen LogP contribution < -0.4 is 5.32 Å². The van der Waals surface area contributed by atoms with E-state index in [-0.39, 0.29) is 11.8 Å². The standard InChI is InChI=1S/C13H21N3O3S/c1-10-7-12(15-19-10)9-20(17,18)16(13-4-5-13)8-11-3-2-6-14-11/h7,11,13-14H,2-6,8-9H2,1H3. The van der Waals surface area contributed by atoms with Gasteiger partial charge in [-0.3, -0.25) is 0 Å². The lowest BCUT2D eigenvalue weighted by atomic mass is 10.2. The van der Waals surface area contributed by atoms with Gasteiger partial charge in [0.25, 0.3) is 0 Å². The second-order valence-electron chi connectivity index (χ2n) is 5.78. The Labute approximate surface area is 119 Å². The van der Waals surface area contributed by atoms with Crippen molar-refractivity contribution >= 4 is 10.0 Å². The van der Waals surface area contributed by atoms with Gasteiger partial charge in [-0.1, -0.05) is 5.16 Å². The molecule has 1 saturated carbocycles. The quantitative estimate of drug-likeness (QED) is 0.849. The fraction of sp³-hybridized carbons (Fsp3) is 0.769. The number of rotatable bonds is 6. The molecule has 7 heteroatoms. The average molecular weight is 299 g/mol. The molecule has 0 radical (unpaired) electrons. The van der Waals surface area contributed by atoms with Crippen LogP contribution in [0, 0.1) is 6.92 Å². The van der Waals surface area contributed by atoms with Gasteiger partial charge in [-0.05, 0) is 39.2 Å². The minimum atomic E-state index is -3.32. The Morgan fingerprint density at radius 2 is 2.25 bits per heavy atom. The molecule has 1 N–H and O–H groups in total. The normalized spacial score (nSPS) is 23.6. The molecule has 2 fully saturated rings. The van der Waals surface area contributed by atoms with Crippen molar-refractivity contribution in [2.45, 2.75) is 50.4 Å². The molecule has 112 valence electrons. The van der Waals surface area contributed by atoms with Gasteiger partial charge >= 0.3 is 0 Å². The Morgan fingerprint density at radius 3 is 2.80 bits per heavy atom. The second kappa shape index (κ2) is 5.46. The summed E-state index contributed by atoms with van der Waals surface area (Å²) in [7, 11) is -3.32. The van der Waals surface area contributed by atoms with Crippen LogP contribution in [0.1, 0.15) is 37.1 Å². The highest BCUT2D eigenvalue weighted by atomic mass is 32.2. The maximum Gasteiger partial charge on any atom is 0.220 e. The van der Waals surface area contributed by atoms with Crippen LogP contribution in [0.25, 0.3) is 0 Å². The summed E-state index contributed by atoms with van der Waals surface area (Å²) in [6.07, 6.45) is 4.14. The van der Waals surface area contributed by atoms with E-state index in [2.05, 4.69) is 10.5 Å². The van der Waals surface area contributed by atoms with Crippen LogP contribution in [-0.2, 0) is 15.8 Å². The van der Waals surface area contributed by atoms with Gasteiger partial charge in [0.1, 0.15) is 17.2 Å². The van der Waals surface area contributed by atoms with E-state index in [1.165, 1.54) is 0 Å². The number of hydrogen-bond donors (Lipinski definition) is 1. The van der Waals surface area contributed by atoms with E-state index >= 15 is 0 Å². The summed E-state index contributed by atoms with van der Waals surface area (Å²) in [5, 5.41) is 7.17. The fourth-order valence-electron chi connectivity index (χ4n) is 2.74. The van der Waals surface area contributed by atoms with Gasteiger partial charge in [-0.25, -0.2) is 8.42 Å². The Kier molecular flexibility index (Phi) is 3.83. The van der Waals surface area contributed by atoms with Crippen LogP contribution in [0.4, 0.5) is 0 Å². The van der Waals surface area contributed by atoms with E-state index in [1.807, 2.05) is 0 Å². The van der Waals surface area contributed by atoms with Crippen molar-refractivity contribution in [3.05, 3.63) is 17.5 Å². The van der Waals surface area contributed by atoms with Crippen LogP contribution in [0.2, 0.25) is 0 Å². The fourth-order valence-corrected chi connectivity index (χ4v) is 4.49. The third kappa shape index (κ3) is 3.21. The van der Waals surface area contributed by atoms with E-state index in [4.69, 9.17) is 4.52 Å². The van der Waals surface area contributed by atoms with Crippen LogP contribution in [0.5, 0.6) is 0 Å². The minimum absolute atomic E-state index is 0.0619. The molecule has 1 unspecified atom stereocenters. The van der Waals surface area contributed by atoms with Crippen molar-refractivity contribution in [1.29, 1.82) is 0 Å². The molecular weight excluding hydrogens is 278 g/mol. The van der Waals surface area contributed by atoms with Crippen molar-refractivity contribution in [1.82, 2.24) is 14.8 Å². The van der Waals surface area contributed by atoms with Gasteiger partial charge in [0.2, 0.25) is 10.0 Å². The molecular formula is C13H21N3O3S. The van der Waals surface area contributed by atoms with Gasteiger partial charge < -0.3 is 9.84 Å². The first-order valence-corrected chi connectivity index (χ1v) is 8.80. The summed E-state index contributed by atoms with van der Waals surface area (Å²) in [5.41, 5.74) is 0.493. The lowest BCUT2D eigenvalue weighted by molar-refractivity contribution is 0.360. The van der Waals surface area contributed by atoms with E-state index in [0.29, 0.717) is 24.0 Å². The van der Waals surface area contributed by atoms with Gasteiger partial charge in [0, 0.05) is 24.7 Å². The molecule has 1 aliphatic heterocycles. The highest BCUT2D eigenvalue weighted by Crippen LogP contribution is 2.31. The number of aromatic nitrogens is 1. The molecule has 1 aromatic heterocycles. The summed E-state index contributed by atoms with van der Waals surface area (Å²) in [5.74, 6) is 0.582. The second-order valence-corrected chi connectivity index (χ2v) is 7.70. The van der Waals surface area contributed by atoms with Gasteiger partial charge in [-0.2, -0.15) is 4.31 Å². The number of hydrogen-bond acceptors (Lipinski definition) is 5. The third-order valence-corrected chi connectivity index (χ3v) is 5.70. The summed E-state index contributed by atoms with van der Waals surface area (Å²) >= 11 is 0. The summed E-state index contributed by atoms with van der Waals surface area (Å²) < 4.78 is 31.8. The van der Waals surface area contributed by atoms with E-state index in [0.717, 1.165) is 32.2 Å². The van der Waals surface area contributed by atoms with Gasteiger partial charge in [-0.15, -0.1) is 0 Å². The molecule has 0 spiro atoms. The van der Waals surface area contributed by atoms with E-state index in [1.54, 1.807) is 17.3 Å². The molecule has 20 heavy (non-hydrogen) atoms. The monoisotopic (exact) mass is 299 g/mol. The van der Waals surface area contributed by atoms with Gasteiger partial charge in [0.05, 0.1) is 0 Å². The third-order valence-electron chi connectivity index (χ3n) is 3.88. The maximum absolute atomic E-state index is 12.6. The summed E-state index contributed by atoms with van der Waals surface area (Å²) in [6, 6.07) is 2.18. The van der Waals surface area contributed by atoms with E-state index < -0.39 is 10.0 Å². The zero-order chi connectivity index (χ0) is 14.2. The minimum Gasteiger partial charge on any atom is -0.361 e. The number of nitrogens with one attached hydrogen (secondary N) is 1. The molecule has 3 rings (SSSR count). The Hall–Kier alpha value is -0.920. The molecule has 1 saturated heterocycles. The smallest absolute Gasteiger partial charge is 0.220 e. The largest absolute Gasteiger partial charge is 0.361 e. The molecule has 0 amide bonds. The van der Waals surface area contributed by atoms with Crippen molar-refractivity contribution < 1.29 is 12.9 Å². The topological polar surface area (TPSA) is 75.4 Å².